The van der Waals surface area contributed by atoms with Crippen LogP contribution in [0.3, 0.4) is 0 Å². The first-order valence-electron chi connectivity index (χ1n) is 7.14. The predicted octanol–water partition coefficient (Wildman–Crippen LogP) is 2.64. The summed E-state index contributed by atoms with van der Waals surface area (Å²) in [6, 6.07) is 0. The normalized spacial score (nSPS) is 38.0. The van der Waals surface area contributed by atoms with E-state index in [1.54, 1.807) is 0 Å². The molecule has 0 amide bonds. The molecule has 2 aliphatic rings. The Labute approximate surface area is 104 Å². The highest BCUT2D eigenvalue weighted by molar-refractivity contribution is 5.81. The molecule has 17 heavy (non-hydrogen) atoms. The van der Waals surface area contributed by atoms with Crippen molar-refractivity contribution in [3.63, 3.8) is 0 Å². The van der Waals surface area contributed by atoms with Crippen LogP contribution < -0.4 is 5.32 Å². The molecular formula is C14H25NO2. The molecule has 1 N–H and O–H groups in total. The van der Waals surface area contributed by atoms with Gasteiger partial charge in [-0.3, -0.25) is 4.79 Å². The van der Waals surface area contributed by atoms with Gasteiger partial charge in [-0.15, -0.1) is 0 Å². The van der Waals surface area contributed by atoms with Crippen LogP contribution >= 0.6 is 0 Å². The second-order valence-corrected chi connectivity index (χ2v) is 5.67. The standard InChI is InChI=1S/C14H25NO2/c1-3-14(9-6-10-15-14)13(16)17-12-8-5-4-7-11(12)2/h11-12,15H,3-10H2,1-2H3. The Morgan fingerprint density at radius 2 is 2.12 bits per heavy atom. The van der Waals surface area contributed by atoms with Crippen molar-refractivity contribution in [1.82, 2.24) is 5.32 Å². The molecule has 98 valence electrons. The van der Waals surface area contributed by atoms with Crippen LogP contribution in [0.25, 0.3) is 0 Å². The fourth-order valence-electron chi connectivity index (χ4n) is 3.13. The van der Waals surface area contributed by atoms with Gasteiger partial charge in [0.1, 0.15) is 11.6 Å². The summed E-state index contributed by atoms with van der Waals surface area (Å²) in [5.41, 5.74) is -0.378. The van der Waals surface area contributed by atoms with Gasteiger partial charge in [0.15, 0.2) is 0 Å². The number of ether oxygens (including phenoxy) is 1. The van der Waals surface area contributed by atoms with Gasteiger partial charge in [0.05, 0.1) is 0 Å². The summed E-state index contributed by atoms with van der Waals surface area (Å²) in [7, 11) is 0. The van der Waals surface area contributed by atoms with Gasteiger partial charge in [-0.1, -0.05) is 20.3 Å². The molecule has 3 atom stereocenters. The van der Waals surface area contributed by atoms with E-state index in [4.69, 9.17) is 4.74 Å². The molecule has 3 nitrogen and oxygen atoms in total. The van der Waals surface area contributed by atoms with E-state index in [-0.39, 0.29) is 17.6 Å². The van der Waals surface area contributed by atoms with Crippen molar-refractivity contribution in [1.29, 1.82) is 0 Å². The third kappa shape index (κ3) is 2.65. The van der Waals surface area contributed by atoms with Gasteiger partial charge in [0.2, 0.25) is 0 Å². The molecule has 0 aromatic heterocycles. The average Bonchev–Trinajstić information content (AvgIpc) is 2.82. The summed E-state index contributed by atoms with van der Waals surface area (Å²) in [5.74, 6) is 0.527. The number of rotatable bonds is 3. The van der Waals surface area contributed by atoms with Crippen molar-refractivity contribution in [3.8, 4) is 0 Å². The number of esters is 1. The monoisotopic (exact) mass is 239 g/mol. The van der Waals surface area contributed by atoms with Gasteiger partial charge in [-0.25, -0.2) is 0 Å². The molecule has 1 aliphatic heterocycles. The second kappa shape index (κ2) is 5.38. The summed E-state index contributed by atoms with van der Waals surface area (Å²) in [5, 5.41) is 3.35. The summed E-state index contributed by atoms with van der Waals surface area (Å²) in [6.07, 6.45) is 7.75. The highest BCUT2D eigenvalue weighted by atomic mass is 16.5. The van der Waals surface area contributed by atoms with Crippen molar-refractivity contribution in [3.05, 3.63) is 0 Å². The maximum atomic E-state index is 12.3. The molecule has 0 aromatic rings. The summed E-state index contributed by atoms with van der Waals surface area (Å²) < 4.78 is 5.78. The lowest BCUT2D eigenvalue weighted by Gasteiger charge is -2.33. The van der Waals surface area contributed by atoms with Gasteiger partial charge < -0.3 is 10.1 Å². The molecule has 3 heteroatoms. The second-order valence-electron chi connectivity index (χ2n) is 5.67. The van der Waals surface area contributed by atoms with Crippen LogP contribution in [0.2, 0.25) is 0 Å². The Morgan fingerprint density at radius 1 is 1.35 bits per heavy atom. The Hall–Kier alpha value is -0.570. The summed E-state index contributed by atoms with van der Waals surface area (Å²) in [6.45, 7) is 5.23. The quantitative estimate of drug-likeness (QED) is 0.769. The zero-order chi connectivity index (χ0) is 12.3. The lowest BCUT2D eigenvalue weighted by Crippen LogP contribution is -2.49. The maximum absolute atomic E-state index is 12.3. The first kappa shape index (κ1) is 12.9. The van der Waals surface area contributed by atoms with E-state index in [0.29, 0.717) is 5.92 Å². The van der Waals surface area contributed by atoms with Gasteiger partial charge in [-0.05, 0) is 51.0 Å². The molecule has 1 saturated carbocycles. The number of carbonyl (C=O) groups excluding carboxylic acids is 1. The molecule has 0 spiro atoms. The van der Waals surface area contributed by atoms with Crippen molar-refractivity contribution in [2.45, 2.75) is 70.4 Å². The van der Waals surface area contributed by atoms with Crippen LogP contribution in [0, 0.1) is 5.92 Å². The zero-order valence-electron chi connectivity index (χ0n) is 11.1. The van der Waals surface area contributed by atoms with Crippen molar-refractivity contribution < 1.29 is 9.53 Å². The van der Waals surface area contributed by atoms with Crippen LogP contribution in [0.1, 0.15) is 58.8 Å². The number of hydrogen-bond acceptors (Lipinski definition) is 3. The van der Waals surface area contributed by atoms with Crippen LogP contribution in [-0.2, 0) is 9.53 Å². The molecule has 2 rings (SSSR count). The third-order valence-electron chi connectivity index (χ3n) is 4.53. The minimum atomic E-state index is -0.378. The third-order valence-corrected chi connectivity index (χ3v) is 4.53. The average molecular weight is 239 g/mol. The van der Waals surface area contributed by atoms with E-state index in [9.17, 15) is 4.79 Å². The predicted molar refractivity (Wildman–Crippen MR) is 67.8 cm³/mol. The molecule has 0 aromatic carbocycles. The van der Waals surface area contributed by atoms with E-state index in [0.717, 1.165) is 32.2 Å². The zero-order valence-corrected chi connectivity index (χ0v) is 11.1. The topological polar surface area (TPSA) is 38.3 Å². The van der Waals surface area contributed by atoms with Crippen LogP contribution in [0.15, 0.2) is 0 Å². The first-order chi connectivity index (χ1) is 8.18. The van der Waals surface area contributed by atoms with E-state index in [1.807, 2.05) is 0 Å². The Morgan fingerprint density at radius 3 is 2.71 bits per heavy atom. The summed E-state index contributed by atoms with van der Waals surface area (Å²) in [4.78, 5) is 12.3. The Kier molecular flexibility index (Phi) is 4.08. The maximum Gasteiger partial charge on any atom is 0.326 e. The minimum absolute atomic E-state index is 0.00347. The van der Waals surface area contributed by atoms with Crippen molar-refractivity contribution in [2.75, 3.05) is 6.54 Å². The highest BCUT2D eigenvalue weighted by Gasteiger charge is 2.42. The molecule has 3 unspecified atom stereocenters. The lowest BCUT2D eigenvalue weighted by molar-refractivity contribution is -0.161. The van der Waals surface area contributed by atoms with E-state index < -0.39 is 0 Å². The smallest absolute Gasteiger partial charge is 0.326 e. The molecule has 2 fully saturated rings. The number of hydrogen-bond donors (Lipinski definition) is 1. The van der Waals surface area contributed by atoms with Gasteiger partial charge in [0.25, 0.3) is 0 Å². The first-order valence-corrected chi connectivity index (χ1v) is 7.14. The molecule has 0 radical (unpaired) electrons. The number of nitrogens with one attached hydrogen (secondary N) is 1. The van der Waals surface area contributed by atoms with Gasteiger partial charge in [0, 0.05) is 0 Å². The fraction of sp³-hybridized carbons (Fsp3) is 0.929. The van der Waals surface area contributed by atoms with E-state index in [2.05, 4.69) is 19.2 Å². The minimum Gasteiger partial charge on any atom is -0.461 e. The van der Waals surface area contributed by atoms with Crippen LogP contribution in [-0.4, -0.2) is 24.2 Å². The molecule has 0 bridgehead atoms. The lowest BCUT2D eigenvalue weighted by atomic mass is 9.87. The van der Waals surface area contributed by atoms with Gasteiger partial charge >= 0.3 is 5.97 Å². The Balaban J connectivity index is 1.95. The molecule has 1 heterocycles. The van der Waals surface area contributed by atoms with Crippen LogP contribution in [0.5, 0.6) is 0 Å². The fourth-order valence-corrected chi connectivity index (χ4v) is 3.13. The van der Waals surface area contributed by atoms with E-state index in [1.165, 1.54) is 19.3 Å². The van der Waals surface area contributed by atoms with Crippen LogP contribution in [0.4, 0.5) is 0 Å². The van der Waals surface area contributed by atoms with Gasteiger partial charge in [-0.2, -0.15) is 0 Å². The Bertz CT molecular complexity index is 271. The SMILES string of the molecule is CCC1(C(=O)OC2CCCCC2C)CCCN1. The highest BCUT2D eigenvalue weighted by Crippen LogP contribution is 2.30. The van der Waals surface area contributed by atoms with Crippen molar-refractivity contribution >= 4 is 5.97 Å². The number of carbonyl (C=O) groups is 1. The van der Waals surface area contributed by atoms with E-state index >= 15 is 0 Å². The van der Waals surface area contributed by atoms with Crippen molar-refractivity contribution in [2.24, 2.45) is 5.92 Å². The molecular weight excluding hydrogens is 214 g/mol. The largest absolute Gasteiger partial charge is 0.461 e. The molecule has 1 saturated heterocycles. The summed E-state index contributed by atoms with van der Waals surface area (Å²) >= 11 is 0. The molecule has 1 aliphatic carbocycles.